The molecule has 1 aromatic heterocycles. The largest absolute Gasteiger partial charge is 0.348 e. The van der Waals surface area contributed by atoms with Gasteiger partial charge in [-0.2, -0.15) is 0 Å². The van der Waals surface area contributed by atoms with Gasteiger partial charge in [0.05, 0.1) is 18.4 Å². The van der Waals surface area contributed by atoms with E-state index in [1.54, 1.807) is 6.20 Å². The van der Waals surface area contributed by atoms with E-state index in [1.165, 1.54) is 0 Å². The molecule has 2 rings (SSSR count). The first-order valence-corrected chi connectivity index (χ1v) is 5.86. The molecule has 0 spiro atoms. The topological polar surface area (TPSA) is 56.3 Å². The molecule has 1 aromatic rings. The van der Waals surface area contributed by atoms with Crippen molar-refractivity contribution in [2.24, 2.45) is 0 Å². The molecule has 0 radical (unpaired) electrons. The average molecular weight is 237 g/mol. The Morgan fingerprint density at radius 3 is 3.00 bits per heavy atom. The molecule has 0 aliphatic carbocycles. The Kier molecular flexibility index (Phi) is 3.71. The van der Waals surface area contributed by atoms with Crippen LogP contribution < -0.4 is 5.32 Å². The molecule has 0 bridgehead atoms. The van der Waals surface area contributed by atoms with Crippen LogP contribution >= 0.6 is 0 Å². The summed E-state index contributed by atoms with van der Waals surface area (Å²) in [6.45, 7) is 7.89. The van der Waals surface area contributed by atoms with Gasteiger partial charge in [0.1, 0.15) is 5.82 Å². The Balaban J connectivity index is 1.73. The first kappa shape index (κ1) is 12.4. The predicted molar refractivity (Wildman–Crippen MR) is 63.4 cm³/mol. The van der Waals surface area contributed by atoms with Crippen LogP contribution in [-0.2, 0) is 16.0 Å². The lowest BCUT2D eigenvalue weighted by Crippen LogP contribution is -2.30. The number of aryl methyl sites for hydroxylation is 1. The first-order chi connectivity index (χ1) is 8.05. The molecule has 1 saturated heterocycles. The highest BCUT2D eigenvalue weighted by Crippen LogP contribution is 2.21. The van der Waals surface area contributed by atoms with E-state index >= 15 is 0 Å². The van der Waals surface area contributed by atoms with E-state index in [-0.39, 0.29) is 6.10 Å². The number of hydrogen-bond donors (Lipinski definition) is 1. The second-order valence-electron chi connectivity index (χ2n) is 4.68. The molecule has 17 heavy (non-hydrogen) atoms. The highest BCUT2D eigenvalue weighted by atomic mass is 16.7. The molecule has 94 valence electrons. The van der Waals surface area contributed by atoms with Crippen LogP contribution in [-0.4, -0.2) is 35.0 Å². The summed E-state index contributed by atoms with van der Waals surface area (Å²) < 4.78 is 11.2. The average Bonchev–Trinajstić information content (AvgIpc) is 2.58. The Labute approximate surface area is 102 Å². The van der Waals surface area contributed by atoms with Crippen molar-refractivity contribution < 1.29 is 9.47 Å². The molecule has 1 N–H and O–H groups in total. The van der Waals surface area contributed by atoms with Crippen LogP contribution in [0.25, 0.3) is 0 Å². The number of rotatable bonds is 4. The second-order valence-corrected chi connectivity index (χ2v) is 4.68. The summed E-state index contributed by atoms with van der Waals surface area (Å²) in [5.74, 6) is 0.351. The third-order valence-corrected chi connectivity index (χ3v) is 2.58. The summed E-state index contributed by atoms with van der Waals surface area (Å²) in [6, 6.07) is 1.91. The number of ether oxygens (including phenoxy) is 2. The van der Waals surface area contributed by atoms with Gasteiger partial charge in [0.15, 0.2) is 5.79 Å². The molecular formula is C12H19N3O2. The molecule has 0 aromatic carbocycles. The van der Waals surface area contributed by atoms with Gasteiger partial charge in [-0.15, -0.1) is 0 Å². The lowest BCUT2D eigenvalue weighted by molar-refractivity contribution is -0.137. The molecule has 5 heteroatoms. The van der Waals surface area contributed by atoms with Crippen LogP contribution in [0.3, 0.4) is 0 Å². The first-order valence-electron chi connectivity index (χ1n) is 5.86. The Morgan fingerprint density at radius 2 is 2.35 bits per heavy atom. The highest BCUT2D eigenvalue weighted by Gasteiger charge is 2.32. The van der Waals surface area contributed by atoms with E-state index < -0.39 is 5.79 Å². The maximum absolute atomic E-state index is 5.69. The molecule has 2 heterocycles. The molecule has 0 amide bonds. The summed E-state index contributed by atoms with van der Waals surface area (Å²) in [4.78, 5) is 8.38. The van der Waals surface area contributed by atoms with E-state index in [1.807, 2.05) is 26.8 Å². The van der Waals surface area contributed by atoms with Crippen molar-refractivity contribution in [3.8, 4) is 0 Å². The van der Waals surface area contributed by atoms with Crippen molar-refractivity contribution in [2.45, 2.75) is 39.2 Å². The van der Waals surface area contributed by atoms with Crippen LogP contribution in [0, 0.1) is 6.92 Å². The van der Waals surface area contributed by atoms with Crippen molar-refractivity contribution >= 4 is 0 Å². The molecule has 1 fully saturated rings. The minimum absolute atomic E-state index is 0.118. The van der Waals surface area contributed by atoms with E-state index in [2.05, 4.69) is 15.3 Å². The molecule has 1 aliphatic heterocycles. The number of aromatic nitrogens is 2. The lowest BCUT2D eigenvalue weighted by Gasteiger charge is -2.17. The van der Waals surface area contributed by atoms with E-state index in [9.17, 15) is 0 Å². The molecule has 1 unspecified atom stereocenters. The lowest BCUT2D eigenvalue weighted by atomic mass is 10.3. The minimum atomic E-state index is -0.447. The van der Waals surface area contributed by atoms with Gasteiger partial charge in [0.2, 0.25) is 0 Å². The fourth-order valence-corrected chi connectivity index (χ4v) is 1.83. The third-order valence-electron chi connectivity index (χ3n) is 2.58. The van der Waals surface area contributed by atoms with Crippen LogP contribution in [0.4, 0.5) is 0 Å². The maximum Gasteiger partial charge on any atom is 0.163 e. The quantitative estimate of drug-likeness (QED) is 0.847. The zero-order chi connectivity index (χ0) is 12.3. The number of nitrogens with one attached hydrogen (secondary N) is 1. The zero-order valence-corrected chi connectivity index (χ0v) is 10.6. The zero-order valence-electron chi connectivity index (χ0n) is 10.6. The van der Waals surface area contributed by atoms with Crippen LogP contribution in [0.2, 0.25) is 0 Å². The predicted octanol–water partition coefficient (Wildman–Crippen LogP) is 1.03. The molecule has 1 aliphatic rings. The van der Waals surface area contributed by atoms with Gasteiger partial charge in [-0.1, -0.05) is 0 Å². The summed E-state index contributed by atoms with van der Waals surface area (Å²) in [7, 11) is 0. The van der Waals surface area contributed by atoms with Gasteiger partial charge < -0.3 is 14.8 Å². The van der Waals surface area contributed by atoms with Crippen molar-refractivity contribution in [3.63, 3.8) is 0 Å². The van der Waals surface area contributed by atoms with Crippen LogP contribution in [0.5, 0.6) is 0 Å². The van der Waals surface area contributed by atoms with E-state index in [0.717, 1.165) is 24.6 Å². The normalized spacial score (nSPS) is 22.9. The fraction of sp³-hybridized carbons (Fsp3) is 0.667. The third kappa shape index (κ3) is 3.73. The van der Waals surface area contributed by atoms with Gasteiger partial charge in [-0.05, 0) is 26.8 Å². The number of nitrogens with zero attached hydrogens (tertiary/aromatic N) is 2. The molecular weight excluding hydrogens is 218 g/mol. The van der Waals surface area contributed by atoms with Gasteiger partial charge in [0, 0.05) is 19.3 Å². The standard InChI is InChI=1S/C12H19N3O2/c1-9-14-5-4-10(15-9)6-13-7-11-8-16-12(2,3)17-11/h4-5,11,13H,6-8H2,1-3H3. The van der Waals surface area contributed by atoms with Crippen molar-refractivity contribution in [1.82, 2.24) is 15.3 Å². The summed E-state index contributed by atoms with van der Waals surface area (Å²) in [6.07, 6.45) is 1.89. The monoisotopic (exact) mass is 237 g/mol. The fourth-order valence-electron chi connectivity index (χ4n) is 1.83. The molecule has 0 saturated carbocycles. The van der Waals surface area contributed by atoms with E-state index in [4.69, 9.17) is 9.47 Å². The summed E-state index contributed by atoms with van der Waals surface area (Å²) >= 11 is 0. The number of hydrogen-bond acceptors (Lipinski definition) is 5. The molecule has 5 nitrogen and oxygen atoms in total. The summed E-state index contributed by atoms with van der Waals surface area (Å²) in [5, 5.41) is 3.31. The van der Waals surface area contributed by atoms with Gasteiger partial charge in [-0.3, -0.25) is 0 Å². The van der Waals surface area contributed by atoms with Crippen molar-refractivity contribution in [1.29, 1.82) is 0 Å². The van der Waals surface area contributed by atoms with Gasteiger partial charge in [-0.25, -0.2) is 9.97 Å². The summed E-state index contributed by atoms with van der Waals surface area (Å²) in [5.41, 5.74) is 0.996. The van der Waals surface area contributed by atoms with Crippen molar-refractivity contribution in [3.05, 3.63) is 23.8 Å². The van der Waals surface area contributed by atoms with Crippen LogP contribution in [0.15, 0.2) is 12.3 Å². The van der Waals surface area contributed by atoms with Gasteiger partial charge in [0.25, 0.3) is 0 Å². The Hall–Kier alpha value is -1.04. The van der Waals surface area contributed by atoms with Crippen LogP contribution in [0.1, 0.15) is 25.4 Å². The Bertz CT molecular complexity index is 382. The van der Waals surface area contributed by atoms with Crippen molar-refractivity contribution in [2.75, 3.05) is 13.2 Å². The smallest absolute Gasteiger partial charge is 0.163 e. The molecule has 1 atom stereocenters. The SMILES string of the molecule is Cc1nccc(CNCC2COC(C)(C)O2)n1. The maximum atomic E-state index is 5.69. The second kappa shape index (κ2) is 5.08. The highest BCUT2D eigenvalue weighted by molar-refractivity contribution is 5.01. The Morgan fingerprint density at radius 1 is 1.53 bits per heavy atom. The minimum Gasteiger partial charge on any atom is -0.348 e. The van der Waals surface area contributed by atoms with E-state index in [0.29, 0.717) is 6.61 Å². The van der Waals surface area contributed by atoms with Gasteiger partial charge >= 0.3 is 0 Å².